The molecule has 10 heteroatoms. The Balaban J connectivity index is 1.81. The molecule has 0 aliphatic carbocycles. The average molecular weight is 371 g/mol. The Hall–Kier alpha value is -1.75. The minimum Gasteiger partial charge on any atom is -0.379 e. The quantitative estimate of drug-likeness (QED) is 0.591. The van der Waals surface area contributed by atoms with E-state index in [4.69, 9.17) is 9.47 Å². The Labute approximate surface area is 146 Å². The van der Waals surface area contributed by atoms with Gasteiger partial charge in [-0.3, -0.25) is 10.1 Å². The van der Waals surface area contributed by atoms with E-state index in [1.165, 1.54) is 16.4 Å². The number of ether oxygens (including phenoxy) is 2. The molecule has 2 heterocycles. The molecule has 1 aromatic rings. The maximum atomic E-state index is 12.6. The van der Waals surface area contributed by atoms with Gasteiger partial charge in [0.15, 0.2) is 0 Å². The summed E-state index contributed by atoms with van der Waals surface area (Å²) in [6.07, 6.45) is 1.91. The van der Waals surface area contributed by atoms with E-state index in [-0.39, 0.29) is 29.8 Å². The van der Waals surface area contributed by atoms with Crippen molar-refractivity contribution in [2.75, 3.05) is 44.8 Å². The summed E-state index contributed by atoms with van der Waals surface area (Å²) in [5.74, 6) is 0. The second-order valence-electron chi connectivity index (χ2n) is 5.97. The van der Waals surface area contributed by atoms with Crippen molar-refractivity contribution in [1.29, 1.82) is 0 Å². The van der Waals surface area contributed by atoms with E-state index in [0.29, 0.717) is 32.1 Å². The summed E-state index contributed by atoms with van der Waals surface area (Å²) in [6, 6.07) is 3.96. The molecule has 0 spiro atoms. The fourth-order valence-electron chi connectivity index (χ4n) is 2.94. The number of benzene rings is 1. The molecule has 3 rings (SSSR count). The number of morpholine rings is 1. The summed E-state index contributed by atoms with van der Waals surface area (Å²) in [7, 11) is -3.77. The van der Waals surface area contributed by atoms with Crippen LogP contribution in [0.3, 0.4) is 0 Å². The van der Waals surface area contributed by atoms with Crippen molar-refractivity contribution in [2.45, 2.75) is 23.8 Å². The number of nitrogens with one attached hydrogen (secondary N) is 1. The summed E-state index contributed by atoms with van der Waals surface area (Å²) in [5, 5.41) is 14.4. The summed E-state index contributed by atoms with van der Waals surface area (Å²) in [5.41, 5.74) is 0.0359. The van der Waals surface area contributed by atoms with Gasteiger partial charge in [0.25, 0.3) is 5.69 Å². The Morgan fingerprint density at radius 2 is 2.04 bits per heavy atom. The third-order valence-corrected chi connectivity index (χ3v) is 6.21. The van der Waals surface area contributed by atoms with E-state index in [1.807, 2.05) is 0 Å². The molecule has 2 saturated heterocycles. The molecule has 0 amide bonds. The van der Waals surface area contributed by atoms with Crippen LogP contribution in [0.4, 0.5) is 11.4 Å². The maximum Gasteiger partial charge on any atom is 0.293 e. The molecule has 0 bridgehead atoms. The maximum absolute atomic E-state index is 12.6. The van der Waals surface area contributed by atoms with Crippen molar-refractivity contribution in [3.05, 3.63) is 28.3 Å². The van der Waals surface area contributed by atoms with Gasteiger partial charge in [-0.1, -0.05) is 0 Å². The molecule has 1 N–H and O–H groups in total. The van der Waals surface area contributed by atoms with E-state index in [9.17, 15) is 18.5 Å². The third-order valence-electron chi connectivity index (χ3n) is 4.32. The van der Waals surface area contributed by atoms with Crippen LogP contribution in [0.1, 0.15) is 12.8 Å². The van der Waals surface area contributed by atoms with Crippen molar-refractivity contribution in [2.24, 2.45) is 0 Å². The standard InChI is InChI=1S/C15H21N3O6S/c19-18(20)15-10-13(25(21,22)17-5-8-23-9-6-17)3-4-14(15)16-11-12-2-1-7-24-12/h3-4,10,12,16H,1-2,5-9,11H2/t12-/m0/s1. The van der Waals surface area contributed by atoms with Crippen molar-refractivity contribution in [3.8, 4) is 0 Å². The molecule has 2 aliphatic rings. The van der Waals surface area contributed by atoms with Crippen LogP contribution in [0, 0.1) is 10.1 Å². The highest BCUT2D eigenvalue weighted by molar-refractivity contribution is 7.89. The van der Waals surface area contributed by atoms with Crippen LogP contribution < -0.4 is 5.32 Å². The molecule has 0 radical (unpaired) electrons. The molecular formula is C15H21N3O6S. The monoisotopic (exact) mass is 371 g/mol. The second-order valence-corrected chi connectivity index (χ2v) is 7.91. The topological polar surface area (TPSA) is 111 Å². The largest absolute Gasteiger partial charge is 0.379 e. The highest BCUT2D eigenvalue weighted by Gasteiger charge is 2.29. The molecule has 0 aromatic heterocycles. The average Bonchev–Trinajstić information content (AvgIpc) is 3.14. The summed E-state index contributed by atoms with van der Waals surface area (Å²) >= 11 is 0. The van der Waals surface area contributed by atoms with Crippen LogP contribution >= 0.6 is 0 Å². The van der Waals surface area contributed by atoms with E-state index in [0.717, 1.165) is 18.9 Å². The molecule has 2 aliphatic heterocycles. The lowest BCUT2D eigenvalue weighted by atomic mass is 10.2. The predicted molar refractivity (Wildman–Crippen MR) is 90.1 cm³/mol. The minimum absolute atomic E-state index is 0.0244. The van der Waals surface area contributed by atoms with Crippen LogP contribution in [-0.4, -0.2) is 63.2 Å². The van der Waals surface area contributed by atoms with Gasteiger partial charge in [0.1, 0.15) is 5.69 Å². The number of sulfonamides is 1. The zero-order valence-corrected chi connectivity index (χ0v) is 14.5. The van der Waals surface area contributed by atoms with Crippen molar-refractivity contribution in [1.82, 2.24) is 4.31 Å². The van der Waals surface area contributed by atoms with Crippen LogP contribution in [0.15, 0.2) is 23.1 Å². The number of rotatable bonds is 6. The first-order valence-electron chi connectivity index (χ1n) is 8.20. The minimum atomic E-state index is -3.77. The molecule has 25 heavy (non-hydrogen) atoms. The van der Waals surface area contributed by atoms with Crippen LogP contribution in [-0.2, 0) is 19.5 Å². The SMILES string of the molecule is O=[N+]([O-])c1cc(S(=O)(=O)N2CCOCC2)ccc1NC[C@@H]1CCCO1. The zero-order chi connectivity index (χ0) is 17.9. The summed E-state index contributed by atoms with van der Waals surface area (Å²) < 4.78 is 37.2. The van der Waals surface area contributed by atoms with Gasteiger partial charge in [0, 0.05) is 32.3 Å². The fraction of sp³-hybridized carbons (Fsp3) is 0.600. The molecule has 1 atom stereocenters. The molecule has 9 nitrogen and oxygen atoms in total. The number of anilines is 1. The number of hydrogen-bond acceptors (Lipinski definition) is 7. The first kappa shape index (κ1) is 18.1. The van der Waals surface area contributed by atoms with Crippen molar-refractivity contribution in [3.63, 3.8) is 0 Å². The van der Waals surface area contributed by atoms with E-state index in [2.05, 4.69) is 5.32 Å². The number of nitro groups is 1. The predicted octanol–water partition coefficient (Wildman–Crippen LogP) is 1.21. The van der Waals surface area contributed by atoms with Gasteiger partial charge in [-0.15, -0.1) is 0 Å². The van der Waals surface area contributed by atoms with Gasteiger partial charge in [-0.2, -0.15) is 4.31 Å². The summed E-state index contributed by atoms with van der Waals surface area (Å²) in [4.78, 5) is 10.7. The molecule has 0 saturated carbocycles. The van der Waals surface area contributed by atoms with E-state index in [1.54, 1.807) is 0 Å². The van der Waals surface area contributed by atoms with Gasteiger partial charge >= 0.3 is 0 Å². The van der Waals surface area contributed by atoms with Crippen molar-refractivity contribution >= 4 is 21.4 Å². The molecule has 1 aromatic carbocycles. The van der Waals surface area contributed by atoms with Crippen molar-refractivity contribution < 1.29 is 22.8 Å². The Morgan fingerprint density at radius 1 is 1.28 bits per heavy atom. The number of nitrogens with zero attached hydrogens (tertiary/aromatic N) is 2. The molecule has 0 unspecified atom stereocenters. The zero-order valence-electron chi connectivity index (χ0n) is 13.7. The van der Waals surface area contributed by atoms with Gasteiger partial charge < -0.3 is 14.8 Å². The van der Waals surface area contributed by atoms with E-state index < -0.39 is 14.9 Å². The van der Waals surface area contributed by atoms with E-state index >= 15 is 0 Å². The number of hydrogen-bond donors (Lipinski definition) is 1. The second kappa shape index (κ2) is 7.65. The van der Waals surface area contributed by atoms with Gasteiger partial charge in [0.05, 0.1) is 29.1 Å². The molecule has 2 fully saturated rings. The highest BCUT2D eigenvalue weighted by Crippen LogP contribution is 2.29. The third kappa shape index (κ3) is 4.09. The molecular weight excluding hydrogens is 350 g/mol. The Bertz CT molecular complexity index is 727. The van der Waals surface area contributed by atoms with Crippen LogP contribution in [0.5, 0.6) is 0 Å². The lowest BCUT2D eigenvalue weighted by Gasteiger charge is -2.26. The van der Waals surface area contributed by atoms with Gasteiger partial charge in [0.2, 0.25) is 10.0 Å². The smallest absolute Gasteiger partial charge is 0.293 e. The highest BCUT2D eigenvalue weighted by atomic mass is 32.2. The first-order valence-corrected chi connectivity index (χ1v) is 9.64. The first-order chi connectivity index (χ1) is 12.0. The molecule has 138 valence electrons. The Morgan fingerprint density at radius 3 is 2.68 bits per heavy atom. The van der Waals surface area contributed by atoms with Crippen LogP contribution in [0.2, 0.25) is 0 Å². The summed E-state index contributed by atoms with van der Waals surface area (Å²) in [6.45, 7) is 2.29. The van der Waals surface area contributed by atoms with Gasteiger partial charge in [-0.25, -0.2) is 8.42 Å². The normalized spacial score (nSPS) is 22.0. The fourth-order valence-corrected chi connectivity index (χ4v) is 4.37. The lowest BCUT2D eigenvalue weighted by Crippen LogP contribution is -2.40. The number of nitro benzene ring substituents is 1. The Kier molecular flexibility index (Phi) is 5.52. The van der Waals surface area contributed by atoms with Crippen LogP contribution in [0.25, 0.3) is 0 Å². The lowest BCUT2D eigenvalue weighted by molar-refractivity contribution is -0.384. The van der Waals surface area contributed by atoms with Gasteiger partial charge in [-0.05, 0) is 25.0 Å².